The summed E-state index contributed by atoms with van der Waals surface area (Å²) in [4.78, 5) is 5.10. The summed E-state index contributed by atoms with van der Waals surface area (Å²) in [6, 6.07) is 1.75. The lowest BCUT2D eigenvalue weighted by Gasteiger charge is -2.15. The summed E-state index contributed by atoms with van der Waals surface area (Å²) >= 11 is 5.70. The van der Waals surface area contributed by atoms with E-state index < -0.39 is 11.2 Å². The van der Waals surface area contributed by atoms with Crippen molar-refractivity contribution in [3.05, 3.63) is 36.4 Å². The zero-order valence-electron chi connectivity index (χ0n) is 11.4. The number of nitrogens with one attached hydrogen (secondary N) is 1. The molecule has 0 aromatic carbocycles. The van der Waals surface area contributed by atoms with Crippen molar-refractivity contribution in [3.8, 4) is 0 Å². The first-order valence-electron chi connectivity index (χ1n) is 6.35. The van der Waals surface area contributed by atoms with E-state index in [0.717, 1.165) is 27.2 Å². The number of nitrogens with zero attached hydrogens (tertiary/aromatic N) is 1. The van der Waals surface area contributed by atoms with E-state index in [1.165, 1.54) is 17.5 Å². The minimum atomic E-state index is -4.38. The molecule has 2 heterocycles. The lowest BCUT2D eigenvalue weighted by atomic mass is 10.2. The van der Waals surface area contributed by atoms with E-state index in [2.05, 4.69) is 26.2 Å². The highest BCUT2D eigenvalue weighted by Gasteiger charge is 2.35. The zero-order valence-corrected chi connectivity index (χ0v) is 14.6. The van der Waals surface area contributed by atoms with E-state index in [-0.39, 0.29) is 6.04 Å². The average Bonchev–Trinajstić information content (AvgIpc) is 2.98. The molecule has 2 nitrogen and oxygen atoms in total. The van der Waals surface area contributed by atoms with E-state index in [1.807, 2.05) is 19.9 Å². The molecule has 0 saturated heterocycles. The van der Waals surface area contributed by atoms with Crippen LogP contribution in [-0.4, -0.2) is 11.5 Å². The highest BCUT2D eigenvalue weighted by Crippen LogP contribution is 2.39. The number of halogens is 4. The van der Waals surface area contributed by atoms with E-state index in [4.69, 9.17) is 0 Å². The number of rotatable bonds is 5. The first-order chi connectivity index (χ1) is 9.82. The van der Waals surface area contributed by atoms with Gasteiger partial charge in [-0.3, -0.25) is 0 Å². The Hall–Kier alpha value is -0.440. The van der Waals surface area contributed by atoms with Crippen molar-refractivity contribution < 1.29 is 13.2 Å². The molecule has 21 heavy (non-hydrogen) atoms. The van der Waals surface area contributed by atoms with E-state index in [1.54, 1.807) is 0 Å². The molecule has 116 valence electrons. The number of alkyl halides is 3. The van der Waals surface area contributed by atoms with Gasteiger partial charge in [0.1, 0.15) is 0 Å². The van der Waals surface area contributed by atoms with Crippen LogP contribution in [0.15, 0.2) is 16.0 Å². The maximum atomic E-state index is 12.7. The fourth-order valence-corrected chi connectivity index (χ4v) is 4.43. The smallest absolute Gasteiger partial charge is 0.305 e. The van der Waals surface area contributed by atoms with Gasteiger partial charge in [0.05, 0.1) is 9.83 Å². The molecule has 0 bridgehead atoms. The van der Waals surface area contributed by atoms with Gasteiger partial charge in [0, 0.05) is 16.0 Å². The SMILES string of the molecule is CCCNC(c1cnc(C(F)(F)F)s1)c1cc(C)c(Br)s1. The Labute approximate surface area is 137 Å². The van der Waals surface area contributed by atoms with Crippen molar-refractivity contribution >= 4 is 38.6 Å². The maximum absolute atomic E-state index is 12.7. The Morgan fingerprint density at radius 2 is 2.05 bits per heavy atom. The number of hydrogen-bond acceptors (Lipinski definition) is 4. The van der Waals surface area contributed by atoms with Gasteiger partial charge in [0.15, 0.2) is 5.01 Å². The lowest BCUT2D eigenvalue weighted by Crippen LogP contribution is -2.21. The van der Waals surface area contributed by atoms with Crippen LogP contribution in [0.4, 0.5) is 13.2 Å². The van der Waals surface area contributed by atoms with Crippen molar-refractivity contribution in [1.29, 1.82) is 0 Å². The number of aryl methyl sites for hydroxylation is 1. The number of hydrogen-bond donors (Lipinski definition) is 1. The highest BCUT2D eigenvalue weighted by molar-refractivity contribution is 9.11. The Kier molecular flexibility index (Phi) is 5.45. The molecule has 0 aliphatic carbocycles. The van der Waals surface area contributed by atoms with Crippen molar-refractivity contribution in [2.45, 2.75) is 32.5 Å². The van der Waals surface area contributed by atoms with Crippen LogP contribution in [-0.2, 0) is 6.18 Å². The van der Waals surface area contributed by atoms with Crippen LogP contribution in [0.3, 0.4) is 0 Å². The zero-order chi connectivity index (χ0) is 15.6. The molecule has 0 fully saturated rings. The number of thiazole rings is 1. The van der Waals surface area contributed by atoms with Gasteiger partial charge in [0.25, 0.3) is 0 Å². The summed E-state index contributed by atoms with van der Waals surface area (Å²) in [5, 5.41) is 2.50. The molecule has 1 N–H and O–H groups in total. The monoisotopic (exact) mass is 398 g/mol. The predicted octanol–water partition coefficient (Wildman–Crippen LogP) is 5.38. The maximum Gasteiger partial charge on any atom is 0.443 e. The first-order valence-corrected chi connectivity index (χ1v) is 8.77. The lowest BCUT2D eigenvalue weighted by molar-refractivity contribution is -0.137. The molecule has 8 heteroatoms. The fourth-order valence-electron chi connectivity index (χ4n) is 1.81. The van der Waals surface area contributed by atoms with Gasteiger partial charge in [-0.1, -0.05) is 6.92 Å². The Bertz CT molecular complexity index is 587. The average molecular weight is 399 g/mol. The molecule has 0 radical (unpaired) electrons. The number of aromatic nitrogens is 1. The molecule has 2 aromatic rings. The topological polar surface area (TPSA) is 24.9 Å². The Balaban J connectivity index is 2.33. The fraction of sp³-hybridized carbons (Fsp3) is 0.462. The molecule has 0 saturated carbocycles. The van der Waals surface area contributed by atoms with Crippen LogP contribution >= 0.6 is 38.6 Å². The molecule has 2 rings (SSSR count). The van der Waals surface area contributed by atoms with Crippen LogP contribution in [0.25, 0.3) is 0 Å². The van der Waals surface area contributed by atoms with Gasteiger partial charge in [-0.05, 0) is 47.4 Å². The Morgan fingerprint density at radius 1 is 1.33 bits per heavy atom. The predicted molar refractivity (Wildman–Crippen MR) is 84.0 cm³/mol. The summed E-state index contributed by atoms with van der Waals surface area (Å²) in [6.45, 7) is 4.72. The van der Waals surface area contributed by atoms with Gasteiger partial charge in [-0.15, -0.1) is 22.7 Å². The second-order valence-corrected chi connectivity index (χ2v) is 8.02. The Morgan fingerprint density at radius 3 is 2.52 bits per heavy atom. The standard InChI is InChI=1S/C13H14BrF3N2S2/c1-3-4-18-10(8-5-7(2)11(14)20-8)9-6-19-12(21-9)13(15,16)17/h5-6,10,18H,3-4H2,1-2H3. The third-order valence-corrected chi connectivity index (χ3v) is 6.12. The summed E-state index contributed by atoms with van der Waals surface area (Å²) in [7, 11) is 0. The van der Waals surface area contributed by atoms with Crippen LogP contribution < -0.4 is 5.32 Å². The van der Waals surface area contributed by atoms with Crippen molar-refractivity contribution in [1.82, 2.24) is 10.3 Å². The van der Waals surface area contributed by atoms with Crippen LogP contribution in [0.1, 0.15) is 39.7 Å². The van der Waals surface area contributed by atoms with Crippen LogP contribution in [0, 0.1) is 6.92 Å². The van der Waals surface area contributed by atoms with Gasteiger partial charge in [0.2, 0.25) is 0 Å². The second kappa shape index (κ2) is 6.76. The molecule has 0 aliphatic rings. The minimum Gasteiger partial charge on any atom is -0.305 e. The van der Waals surface area contributed by atoms with Crippen molar-refractivity contribution in [3.63, 3.8) is 0 Å². The summed E-state index contributed by atoms with van der Waals surface area (Å²) in [5.41, 5.74) is 1.08. The normalized spacial score (nSPS) is 13.6. The van der Waals surface area contributed by atoms with Crippen LogP contribution in [0.5, 0.6) is 0 Å². The molecule has 0 aliphatic heterocycles. The molecule has 0 amide bonds. The summed E-state index contributed by atoms with van der Waals surface area (Å²) in [6.07, 6.45) is -2.15. The molecule has 0 spiro atoms. The van der Waals surface area contributed by atoms with Gasteiger partial charge in [-0.25, -0.2) is 4.98 Å². The third kappa shape index (κ3) is 4.06. The van der Waals surface area contributed by atoms with Crippen molar-refractivity contribution in [2.24, 2.45) is 0 Å². The highest BCUT2D eigenvalue weighted by atomic mass is 79.9. The number of thiophene rings is 1. The summed E-state index contributed by atoms with van der Waals surface area (Å²) < 4.78 is 39.1. The van der Waals surface area contributed by atoms with Gasteiger partial charge >= 0.3 is 6.18 Å². The molecule has 2 aromatic heterocycles. The third-order valence-electron chi connectivity index (χ3n) is 2.81. The van der Waals surface area contributed by atoms with E-state index in [0.29, 0.717) is 16.2 Å². The van der Waals surface area contributed by atoms with Gasteiger partial charge in [-0.2, -0.15) is 13.2 Å². The molecule has 1 atom stereocenters. The van der Waals surface area contributed by atoms with E-state index >= 15 is 0 Å². The second-order valence-electron chi connectivity index (χ2n) is 4.56. The minimum absolute atomic E-state index is 0.242. The van der Waals surface area contributed by atoms with Gasteiger partial charge < -0.3 is 5.32 Å². The molecular weight excluding hydrogens is 385 g/mol. The summed E-state index contributed by atoms with van der Waals surface area (Å²) in [5.74, 6) is 0. The first kappa shape index (κ1) is 16.9. The van der Waals surface area contributed by atoms with E-state index in [9.17, 15) is 13.2 Å². The van der Waals surface area contributed by atoms with Crippen molar-refractivity contribution in [2.75, 3.05) is 6.54 Å². The molecular formula is C13H14BrF3N2S2. The van der Waals surface area contributed by atoms with Crippen LogP contribution in [0.2, 0.25) is 0 Å². The quantitative estimate of drug-likeness (QED) is 0.730. The largest absolute Gasteiger partial charge is 0.443 e. The molecule has 1 unspecified atom stereocenters.